The summed E-state index contributed by atoms with van der Waals surface area (Å²) in [6.45, 7) is 1.96. The zero-order chi connectivity index (χ0) is 15.0. The molecule has 1 saturated heterocycles. The van der Waals surface area contributed by atoms with Crippen LogP contribution in [0.15, 0.2) is 30.5 Å². The van der Waals surface area contributed by atoms with Gasteiger partial charge in [0.05, 0.1) is 17.3 Å². The summed E-state index contributed by atoms with van der Waals surface area (Å²) in [4.78, 5) is 0. The molecular weight excluding hydrogens is 271 g/mol. The smallest absolute Gasteiger partial charge is 0.154 e. The lowest BCUT2D eigenvalue weighted by molar-refractivity contribution is -0.0499. The van der Waals surface area contributed by atoms with Crippen LogP contribution in [0.3, 0.4) is 0 Å². The highest BCUT2D eigenvalue weighted by atomic mass is 19.1. The summed E-state index contributed by atoms with van der Waals surface area (Å²) in [7, 11) is 1.76. The molecule has 112 valence electrons. The number of piperidine rings is 1. The molecule has 1 aromatic heterocycles. The Morgan fingerprint density at radius 3 is 2.90 bits per heavy atom. The molecule has 0 amide bonds. The summed E-state index contributed by atoms with van der Waals surface area (Å²) in [5, 5.41) is 21.7. The van der Waals surface area contributed by atoms with Gasteiger partial charge < -0.3 is 5.11 Å². The molecule has 0 bridgehead atoms. The third-order valence-corrected chi connectivity index (χ3v) is 3.97. The van der Waals surface area contributed by atoms with E-state index < -0.39 is 11.9 Å². The Balaban J connectivity index is 1.92. The van der Waals surface area contributed by atoms with E-state index in [0.29, 0.717) is 12.1 Å². The highest BCUT2D eigenvalue weighted by Crippen LogP contribution is 2.40. The predicted octanol–water partition coefficient (Wildman–Crippen LogP) is 1.73. The molecule has 1 aliphatic rings. The quantitative estimate of drug-likeness (QED) is 0.827. The molecule has 5 nitrogen and oxygen atoms in total. The Hall–Kier alpha value is -1.79. The number of hydrogen-bond donors (Lipinski definition) is 2. The van der Waals surface area contributed by atoms with Crippen LogP contribution >= 0.6 is 0 Å². The van der Waals surface area contributed by atoms with Crippen LogP contribution in [0.2, 0.25) is 0 Å². The molecule has 1 fully saturated rings. The maximum atomic E-state index is 14.1. The molecule has 3 atom stereocenters. The van der Waals surface area contributed by atoms with Crippen LogP contribution in [0.5, 0.6) is 0 Å². The van der Waals surface area contributed by atoms with Crippen molar-refractivity contribution in [2.24, 2.45) is 7.05 Å². The van der Waals surface area contributed by atoms with E-state index in [1.807, 2.05) is 31.2 Å². The molecule has 0 unspecified atom stereocenters. The predicted molar refractivity (Wildman–Crippen MR) is 76.1 cm³/mol. The van der Waals surface area contributed by atoms with Gasteiger partial charge in [-0.1, -0.05) is 35.0 Å². The van der Waals surface area contributed by atoms with Crippen LogP contribution in [-0.2, 0) is 12.6 Å². The van der Waals surface area contributed by atoms with Gasteiger partial charge in [-0.15, -0.1) is 5.10 Å². The van der Waals surface area contributed by atoms with E-state index >= 15 is 0 Å². The van der Waals surface area contributed by atoms with Gasteiger partial charge >= 0.3 is 0 Å². The summed E-state index contributed by atoms with van der Waals surface area (Å²) in [5.41, 5.74) is 1.25. The Bertz CT molecular complexity index is 644. The third kappa shape index (κ3) is 2.82. The van der Waals surface area contributed by atoms with Crippen molar-refractivity contribution >= 4 is 0 Å². The largest absolute Gasteiger partial charge is 0.385 e. The number of alkyl halides is 1. The second-order valence-electron chi connectivity index (χ2n) is 5.81. The summed E-state index contributed by atoms with van der Waals surface area (Å²) in [6.07, 6.45) is 0.867. The lowest BCUT2D eigenvalue weighted by Crippen LogP contribution is -2.46. The normalized spacial score (nSPS) is 29.5. The minimum atomic E-state index is -1.28. The first-order valence-corrected chi connectivity index (χ1v) is 7.02. The molecule has 3 rings (SSSR count). The molecule has 2 N–H and O–H groups in total. The van der Waals surface area contributed by atoms with Crippen molar-refractivity contribution in [3.63, 3.8) is 0 Å². The Kier molecular flexibility index (Phi) is 3.51. The first-order chi connectivity index (χ1) is 9.96. The van der Waals surface area contributed by atoms with Gasteiger partial charge in [0.2, 0.25) is 0 Å². The summed E-state index contributed by atoms with van der Waals surface area (Å²) in [5.74, 6) is 0. The van der Waals surface area contributed by atoms with E-state index in [-0.39, 0.29) is 12.5 Å². The van der Waals surface area contributed by atoms with E-state index in [1.165, 1.54) is 0 Å². The summed E-state index contributed by atoms with van der Waals surface area (Å²) in [6, 6.07) is 7.24. The van der Waals surface area contributed by atoms with Gasteiger partial charge in [-0.25, -0.2) is 4.39 Å². The lowest BCUT2D eigenvalue weighted by Gasteiger charge is -2.39. The first-order valence-electron chi connectivity index (χ1n) is 7.02. The monoisotopic (exact) mass is 290 g/mol. The minimum absolute atomic E-state index is 0.0349. The average Bonchev–Trinajstić information content (AvgIpc) is 2.84. The number of hydrogen-bond acceptors (Lipinski definition) is 4. The molecule has 0 radical (unpaired) electrons. The van der Waals surface area contributed by atoms with Gasteiger partial charge in [0, 0.05) is 26.1 Å². The number of aliphatic hydroxyl groups is 1. The topological polar surface area (TPSA) is 63.0 Å². The van der Waals surface area contributed by atoms with Gasteiger partial charge in [0.25, 0.3) is 0 Å². The highest BCUT2D eigenvalue weighted by Gasteiger charge is 2.41. The molecule has 2 aromatic rings. The molecule has 21 heavy (non-hydrogen) atoms. The van der Waals surface area contributed by atoms with Crippen LogP contribution in [0.1, 0.15) is 35.7 Å². The fourth-order valence-corrected chi connectivity index (χ4v) is 2.94. The van der Waals surface area contributed by atoms with Gasteiger partial charge in [-0.2, -0.15) is 0 Å². The molecule has 6 heteroatoms. The molecule has 1 aromatic carbocycles. The molecule has 0 spiro atoms. The van der Waals surface area contributed by atoms with E-state index in [0.717, 1.165) is 11.1 Å². The zero-order valence-electron chi connectivity index (χ0n) is 12.1. The molecular formula is C15H19FN4O. The minimum Gasteiger partial charge on any atom is -0.385 e. The van der Waals surface area contributed by atoms with E-state index in [2.05, 4.69) is 15.6 Å². The van der Waals surface area contributed by atoms with Gasteiger partial charge in [-0.3, -0.25) is 10.00 Å². The second-order valence-corrected chi connectivity index (χ2v) is 5.81. The number of aromatic nitrogens is 3. The maximum Gasteiger partial charge on any atom is 0.154 e. The molecule has 0 aliphatic carbocycles. The Morgan fingerprint density at radius 2 is 2.24 bits per heavy atom. The van der Waals surface area contributed by atoms with Gasteiger partial charge in [0.1, 0.15) is 0 Å². The van der Waals surface area contributed by atoms with Crippen LogP contribution in [0.25, 0.3) is 0 Å². The number of aryl methyl sites for hydroxylation is 2. The van der Waals surface area contributed by atoms with Crippen LogP contribution in [-0.4, -0.2) is 26.4 Å². The fourth-order valence-electron chi connectivity index (χ4n) is 2.94. The van der Waals surface area contributed by atoms with Crippen LogP contribution in [0.4, 0.5) is 4.39 Å². The number of halogens is 1. The van der Waals surface area contributed by atoms with Gasteiger partial charge in [-0.05, 0) is 12.5 Å². The van der Waals surface area contributed by atoms with Crippen molar-refractivity contribution in [3.8, 4) is 0 Å². The molecule has 1 aliphatic heterocycles. The summed E-state index contributed by atoms with van der Waals surface area (Å²) >= 11 is 0. The van der Waals surface area contributed by atoms with Crippen LogP contribution < -0.4 is 5.32 Å². The van der Waals surface area contributed by atoms with Crippen molar-refractivity contribution in [3.05, 3.63) is 47.3 Å². The molecule has 0 saturated carbocycles. The van der Waals surface area contributed by atoms with Gasteiger partial charge in [0.15, 0.2) is 6.30 Å². The SMILES string of the molecule is Cc1cccc([C@@]2(O)C[C@@H](c3cn(C)nn3)N[C@@H](F)C2)c1. The highest BCUT2D eigenvalue weighted by molar-refractivity contribution is 5.29. The van der Waals surface area contributed by atoms with E-state index in [1.54, 1.807) is 17.9 Å². The summed E-state index contributed by atoms with van der Waals surface area (Å²) < 4.78 is 15.7. The van der Waals surface area contributed by atoms with Crippen molar-refractivity contribution < 1.29 is 9.50 Å². The standard InChI is InChI=1S/C15H19FN4O/c1-10-4-3-5-11(6-10)15(21)7-12(17-14(16)8-15)13-9-20(2)19-18-13/h3-6,9,12,14,17,21H,7-8H2,1-2H3/t12-,14+,15+/m0/s1. The van der Waals surface area contributed by atoms with Crippen molar-refractivity contribution in [1.82, 2.24) is 20.3 Å². The number of nitrogens with one attached hydrogen (secondary N) is 1. The van der Waals surface area contributed by atoms with Crippen molar-refractivity contribution in [2.75, 3.05) is 0 Å². The lowest BCUT2D eigenvalue weighted by atomic mass is 9.80. The third-order valence-electron chi connectivity index (χ3n) is 3.97. The second kappa shape index (κ2) is 5.20. The van der Waals surface area contributed by atoms with Crippen LogP contribution in [0, 0.1) is 6.92 Å². The Labute approximate surface area is 122 Å². The molecule has 2 heterocycles. The number of rotatable bonds is 2. The van der Waals surface area contributed by atoms with Crippen molar-refractivity contribution in [2.45, 2.75) is 37.7 Å². The number of benzene rings is 1. The maximum absolute atomic E-state index is 14.1. The average molecular weight is 290 g/mol. The fraction of sp³-hybridized carbons (Fsp3) is 0.467. The van der Waals surface area contributed by atoms with Crippen molar-refractivity contribution in [1.29, 1.82) is 0 Å². The van der Waals surface area contributed by atoms with E-state index in [4.69, 9.17) is 0 Å². The zero-order valence-corrected chi connectivity index (χ0v) is 12.1. The Morgan fingerprint density at radius 1 is 1.43 bits per heavy atom. The first kappa shape index (κ1) is 14.2. The van der Waals surface area contributed by atoms with E-state index in [9.17, 15) is 9.50 Å². The number of nitrogens with zero attached hydrogens (tertiary/aromatic N) is 3.